The SMILES string of the molecule is Cc1cc([B-](F)(F)F)cc(C(F)(F)F)c1.[K+]. The van der Waals surface area contributed by atoms with Crippen LogP contribution in [0.15, 0.2) is 18.2 Å². The summed E-state index contributed by atoms with van der Waals surface area (Å²) in [6, 6.07) is 1.52. The van der Waals surface area contributed by atoms with Gasteiger partial charge in [-0.25, -0.2) is 0 Å². The Morgan fingerprint density at radius 2 is 1.50 bits per heavy atom. The molecule has 0 unspecified atom stereocenters. The fraction of sp³-hybridized carbons (Fsp3) is 0.250. The standard InChI is InChI=1S/C8H6BF6.K/c1-5-2-6(8(10,11)12)4-7(3-5)9(13,14)15;/h2-4H,1H3;/q-1;+1. The van der Waals surface area contributed by atoms with E-state index in [0.717, 1.165) is 0 Å². The van der Waals surface area contributed by atoms with Crippen molar-refractivity contribution in [3.63, 3.8) is 0 Å². The second-order valence-corrected chi connectivity index (χ2v) is 3.20. The molecule has 0 amide bonds. The van der Waals surface area contributed by atoms with Crippen molar-refractivity contribution in [2.24, 2.45) is 0 Å². The first-order valence-corrected chi connectivity index (χ1v) is 3.99. The molecule has 0 heterocycles. The van der Waals surface area contributed by atoms with Gasteiger partial charge in [-0.15, -0.1) is 5.46 Å². The maximum atomic E-state index is 12.2. The van der Waals surface area contributed by atoms with Crippen LogP contribution in [0.1, 0.15) is 11.1 Å². The minimum atomic E-state index is -5.40. The van der Waals surface area contributed by atoms with Crippen molar-refractivity contribution in [3.05, 3.63) is 29.3 Å². The van der Waals surface area contributed by atoms with Gasteiger partial charge in [0.25, 0.3) is 0 Å². The van der Waals surface area contributed by atoms with Crippen LogP contribution in [0.3, 0.4) is 0 Å². The second-order valence-electron chi connectivity index (χ2n) is 3.20. The van der Waals surface area contributed by atoms with Crippen LogP contribution in [-0.4, -0.2) is 6.98 Å². The predicted molar refractivity (Wildman–Crippen MR) is 44.9 cm³/mol. The van der Waals surface area contributed by atoms with Gasteiger partial charge in [-0.05, 0) is 13.0 Å². The summed E-state index contributed by atoms with van der Waals surface area (Å²) in [6.07, 6.45) is -4.75. The molecule has 0 fully saturated rings. The van der Waals surface area contributed by atoms with Crippen molar-refractivity contribution in [3.8, 4) is 0 Å². The minimum absolute atomic E-state index is 0. The van der Waals surface area contributed by atoms with E-state index in [0.29, 0.717) is 12.1 Å². The van der Waals surface area contributed by atoms with Crippen LogP contribution in [0, 0.1) is 6.92 Å². The Morgan fingerprint density at radius 3 is 1.88 bits per heavy atom. The topological polar surface area (TPSA) is 0 Å². The first-order chi connectivity index (χ1) is 6.60. The van der Waals surface area contributed by atoms with E-state index in [9.17, 15) is 26.1 Å². The second kappa shape index (κ2) is 5.43. The summed E-state index contributed by atoms with van der Waals surface area (Å²) in [5.41, 5.74) is -2.54. The molecule has 1 aromatic rings. The third-order valence-electron chi connectivity index (χ3n) is 1.80. The quantitative estimate of drug-likeness (QED) is 0.498. The molecule has 0 N–H and O–H groups in total. The molecule has 0 spiro atoms. The first kappa shape index (κ1) is 16.5. The molecule has 0 aliphatic heterocycles. The average Bonchev–Trinajstić information content (AvgIpc) is 1.99. The van der Waals surface area contributed by atoms with E-state index in [1.807, 2.05) is 0 Å². The summed E-state index contributed by atoms with van der Waals surface area (Å²) in [5.74, 6) is 0. The molecule has 0 radical (unpaired) electrons. The summed E-state index contributed by atoms with van der Waals surface area (Å²) in [7, 11) is 0. The van der Waals surface area contributed by atoms with E-state index < -0.39 is 24.2 Å². The molecule has 0 atom stereocenters. The largest absolute Gasteiger partial charge is 1.00 e. The van der Waals surface area contributed by atoms with Crippen molar-refractivity contribution >= 4 is 12.4 Å². The van der Waals surface area contributed by atoms with Gasteiger partial charge < -0.3 is 12.9 Å². The molecule has 0 bridgehead atoms. The Morgan fingerprint density at radius 1 is 1.00 bits per heavy atom. The molecule has 0 saturated carbocycles. The molecule has 84 valence electrons. The minimum Gasteiger partial charge on any atom is -0.445 e. The fourth-order valence-corrected chi connectivity index (χ4v) is 1.17. The van der Waals surface area contributed by atoms with Gasteiger partial charge in [-0.2, -0.15) is 13.2 Å². The molecule has 1 aromatic carbocycles. The van der Waals surface area contributed by atoms with Gasteiger partial charge in [-0.3, -0.25) is 0 Å². The van der Waals surface area contributed by atoms with Crippen molar-refractivity contribution in [1.29, 1.82) is 0 Å². The molecule has 0 saturated heterocycles. The average molecular weight is 266 g/mol. The Balaban J connectivity index is 0.00000225. The number of alkyl halides is 3. The van der Waals surface area contributed by atoms with Crippen molar-refractivity contribution < 1.29 is 77.5 Å². The zero-order valence-corrected chi connectivity index (χ0v) is 11.7. The zero-order valence-electron chi connectivity index (χ0n) is 8.58. The Kier molecular flexibility index (Phi) is 5.60. The normalized spacial score (nSPS) is 12.2. The Hall–Kier alpha value is 0.501. The number of hydrogen-bond acceptors (Lipinski definition) is 0. The summed E-state index contributed by atoms with van der Waals surface area (Å²) in [6.45, 7) is -4.20. The summed E-state index contributed by atoms with van der Waals surface area (Å²) in [4.78, 5) is 0. The number of aryl methyl sites for hydroxylation is 1. The first-order valence-electron chi connectivity index (χ1n) is 3.99. The van der Waals surface area contributed by atoms with Crippen LogP contribution >= 0.6 is 0 Å². The van der Waals surface area contributed by atoms with E-state index in [-0.39, 0.29) is 63.0 Å². The molecule has 1 rings (SSSR count). The number of rotatable bonds is 1. The molecule has 0 nitrogen and oxygen atoms in total. The third kappa shape index (κ3) is 4.40. The molecule has 16 heavy (non-hydrogen) atoms. The summed E-state index contributed by atoms with van der Waals surface area (Å²) in [5, 5.41) is 0. The summed E-state index contributed by atoms with van der Waals surface area (Å²) >= 11 is 0. The van der Waals surface area contributed by atoms with Gasteiger partial charge in [0, 0.05) is 0 Å². The smallest absolute Gasteiger partial charge is 0.445 e. The van der Waals surface area contributed by atoms with E-state index in [1.165, 1.54) is 6.92 Å². The molecule has 0 aliphatic rings. The van der Waals surface area contributed by atoms with E-state index in [2.05, 4.69) is 0 Å². The number of hydrogen-bond donors (Lipinski definition) is 0. The zero-order chi connectivity index (χ0) is 11.9. The maximum Gasteiger partial charge on any atom is 1.00 e. The van der Waals surface area contributed by atoms with Crippen molar-refractivity contribution in [2.45, 2.75) is 13.1 Å². The third-order valence-corrected chi connectivity index (χ3v) is 1.80. The van der Waals surface area contributed by atoms with E-state index in [4.69, 9.17) is 0 Å². The monoisotopic (exact) mass is 266 g/mol. The van der Waals surface area contributed by atoms with Crippen LogP contribution in [0.4, 0.5) is 26.1 Å². The fourth-order valence-electron chi connectivity index (χ4n) is 1.17. The van der Waals surface area contributed by atoms with Crippen molar-refractivity contribution in [2.75, 3.05) is 0 Å². The number of halogens is 6. The summed E-state index contributed by atoms with van der Waals surface area (Å²) < 4.78 is 73.2. The van der Waals surface area contributed by atoms with Crippen LogP contribution in [0.5, 0.6) is 0 Å². The van der Waals surface area contributed by atoms with Crippen LogP contribution in [0.2, 0.25) is 0 Å². The van der Waals surface area contributed by atoms with E-state index in [1.54, 1.807) is 0 Å². The van der Waals surface area contributed by atoms with Gasteiger partial charge in [0.2, 0.25) is 0 Å². The molecular weight excluding hydrogens is 260 g/mol. The van der Waals surface area contributed by atoms with Gasteiger partial charge >= 0.3 is 64.5 Å². The molecule has 0 aromatic heterocycles. The van der Waals surface area contributed by atoms with Gasteiger partial charge in [0.05, 0.1) is 5.56 Å². The van der Waals surface area contributed by atoms with Crippen LogP contribution in [-0.2, 0) is 6.18 Å². The molecular formula is C8H6BF6K. The van der Waals surface area contributed by atoms with E-state index >= 15 is 0 Å². The van der Waals surface area contributed by atoms with Crippen LogP contribution < -0.4 is 56.8 Å². The maximum absolute atomic E-state index is 12.2. The van der Waals surface area contributed by atoms with Gasteiger partial charge in [0.15, 0.2) is 0 Å². The van der Waals surface area contributed by atoms with Gasteiger partial charge in [0.1, 0.15) is 0 Å². The molecule has 8 heteroatoms. The Labute approximate surface area is 131 Å². The Bertz CT molecular complexity index is 338. The van der Waals surface area contributed by atoms with Crippen molar-refractivity contribution in [1.82, 2.24) is 0 Å². The van der Waals surface area contributed by atoms with Gasteiger partial charge in [-0.1, -0.05) is 17.7 Å². The number of benzene rings is 1. The molecule has 0 aliphatic carbocycles. The van der Waals surface area contributed by atoms with Crippen LogP contribution in [0.25, 0.3) is 0 Å². The predicted octanol–water partition coefficient (Wildman–Crippen LogP) is 0.0722.